The molecule has 0 heterocycles. The molecule has 1 rings (SSSR count). The summed E-state index contributed by atoms with van der Waals surface area (Å²) in [4.78, 5) is 1.66. The topological polar surface area (TPSA) is 29.3 Å². The summed E-state index contributed by atoms with van der Waals surface area (Å²) in [7, 11) is 1.83. The quantitative estimate of drug-likeness (QED) is 0.860. The second-order valence-electron chi connectivity index (χ2n) is 4.46. The molecule has 1 unspecified atom stereocenters. The van der Waals surface area contributed by atoms with Crippen LogP contribution in [0.25, 0.3) is 0 Å². The highest BCUT2D eigenvalue weighted by Gasteiger charge is 2.34. The van der Waals surface area contributed by atoms with Gasteiger partial charge in [0.15, 0.2) is 0 Å². The Morgan fingerprint density at radius 2 is 2.00 bits per heavy atom. The van der Waals surface area contributed by atoms with Crippen molar-refractivity contribution in [1.29, 1.82) is 0 Å². The van der Waals surface area contributed by atoms with Crippen LogP contribution in [-0.2, 0) is 6.18 Å². The Balaban J connectivity index is 3.28. The maximum absolute atomic E-state index is 12.8. The Morgan fingerprint density at radius 1 is 1.42 bits per heavy atom. The van der Waals surface area contributed by atoms with Crippen molar-refractivity contribution in [3.8, 4) is 0 Å². The minimum atomic E-state index is -4.45. The van der Waals surface area contributed by atoms with Crippen LogP contribution in [0.5, 0.6) is 0 Å². The van der Waals surface area contributed by atoms with Gasteiger partial charge in [0.2, 0.25) is 0 Å². The van der Waals surface area contributed by atoms with Gasteiger partial charge in [0.25, 0.3) is 0 Å². The van der Waals surface area contributed by atoms with Gasteiger partial charge < -0.3 is 10.6 Å². The molecule has 2 N–H and O–H groups in total. The molecule has 0 aliphatic rings. The molecule has 106 valence electrons. The molecule has 0 spiro atoms. The zero-order valence-electron chi connectivity index (χ0n) is 11.1. The summed E-state index contributed by atoms with van der Waals surface area (Å²) < 4.78 is 38.5. The van der Waals surface area contributed by atoms with Gasteiger partial charge in [-0.3, -0.25) is 0 Å². The van der Waals surface area contributed by atoms with Crippen LogP contribution in [-0.4, -0.2) is 18.1 Å². The molecule has 0 fully saturated rings. The van der Waals surface area contributed by atoms with Crippen molar-refractivity contribution in [2.75, 3.05) is 11.9 Å². The fraction of sp³-hybridized carbons (Fsp3) is 0.462. The van der Waals surface area contributed by atoms with Gasteiger partial charge in [-0.1, -0.05) is 19.1 Å². The average Bonchev–Trinajstić information content (AvgIpc) is 2.35. The smallest absolute Gasteiger partial charge is 0.389 e. The third-order valence-electron chi connectivity index (χ3n) is 3.23. The van der Waals surface area contributed by atoms with Crippen LogP contribution in [0.3, 0.4) is 0 Å². The zero-order chi connectivity index (χ0) is 14.8. The van der Waals surface area contributed by atoms with Crippen LogP contribution >= 0.6 is 12.2 Å². The van der Waals surface area contributed by atoms with E-state index >= 15 is 0 Å². The third kappa shape index (κ3) is 3.59. The monoisotopic (exact) mass is 290 g/mol. The lowest BCUT2D eigenvalue weighted by Crippen LogP contribution is -2.28. The summed E-state index contributed by atoms with van der Waals surface area (Å²) in [5.74, 6) is 0. The number of nitrogens with two attached hydrogens (primary N) is 1. The van der Waals surface area contributed by atoms with Crippen molar-refractivity contribution >= 4 is 22.9 Å². The maximum atomic E-state index is 12.8. The van der Waals surface area contributed by atoms with Crippen LogP contribution in [0, 0.1) is 0 Å². The number of benzene rings is 1. The predicted molar refractivity (Wildman–Crippen MR) is 75.5 cm³/mol. The van der Waals surface area contributed by atoms with Crippen LogP contribution in [0.1, 0.15) is 31.4 Å². The standard InChI is InChI=1S/C13H17F3N2S/c1-4-8(2)18(3)9-5-6-11(13(14,15)16)10(7-9)12(17)19/h5-8H,4H2,1-3H3,(H2,17,19). The van der Waals surface area contributed by atoms with Gasteiger partial charge in [-0.15, -0.1) is 0 Å². The number of anilines is 1. The number of alkyl halides is 3. The van der Waals surface area contributed by atoms with Gasteiger partial charge in [0.1, 0.15) is 4.99 Å². The number of nitrogens with zero attached hydrogens (tertiary/aromatic N) is 1. The molecule has 19 heavy (non-hydrogen) atoms. The van der Waals surface area contributed by atoms with Gasteiger partial charge in [0.05, 0.1) is 5.56 Å². The number of hydrogen-bond acceptors (Lipinski definition) is 2. The molecule has 6 heteroatoms. The summed E-state index contributed by atoms with van der Waals surface area (Å²) in [6.45, 7) is 4.01. The van der Waals surface area contributed by atoms with E-state index in [0.717, 1.165) is 12.5 Å². The molecular formula is C13H17F3N2S. The normalized spacial score (nSPS) is 13.2. The first-order valence-corrected chi connectivity index (χ1v) is 6.33. The number of rotatable bonds is 4. The molecule has 1 aromatic rings. The Kier molecular flexibility index (Phi) is 4.79. The van der Waals surface area contributed by atoms with Crippen molar-refractivity contribution in [1.82, 2.24) is 0 Å². The molecule has 0 saturated carbocycles. The molecule has 1 aromatic carbocycles. The summed E-state index contributed by atoms with van der Waals surface area (Å²) >= 11 is 4.72. The molecule has 0 saturated heterocycles. The Morgan fingerprint density at radius 3 is 2.42 bits per heavy atom. The Hall–Kier alpha value is -1.30. The van der Waals surface area contributed by atoms with Crippen LogP contribution in [0.15, 0.2) is 18.2 Å². The lowest BCUT2D eigenvalue weighted by molar-refractivity contribution is -0.137. The summed E-state index contributed by atoms with van der Waals surface area (Å²) in [5, 5.41) is 0. The van der Waals surface area contributed by atoms with E-state index in [1.807, 2.05) is 25.8 Å². The first kappa shape index (κ1) is 15.8. The highest BCUT2D eigenvalue weighted by molar-refractivity contribution is 7.80. The van der Waals surface area contributed by atoms with E-state index in [9.17, 15) is 13.2 Å². The molecule has 0 bridgehead atoms. The molecule has 0 amide bonds. The SMILES string of the molecule is CCC(C)N(C)c1ccc(C(F)(F)F)c(C(N)=S)c1. The molecule has 1 atom stereocenters. The van der Waals surface area contributed by atoms with Crippen LogP contribution in [0.4, 0.5) is 18.9 Å². The first-order chi connectivity index (χ1) is 8.68. The summed E-state index contributed by atoms with van der Waals surface area (Å²) in [5.41, 5.74) is 5.15. The molecule has 0 aliphatic carbocycles. The lowest BCUT2D eigenvalue weighted by Gasteiger charge is -2.27. The van der Waals surface area contributed by atoms with E-state index in [1.165, 1.54) is 12.1 Å². The van der Waals surface area contributed by atoms with Gasteiger partial charge in [0, 0.05) is 24.3 Å². The Bertz CT molecular complexity index is 471. The van der Waals surface area contributed by atoms with Gasteiger partial charge >= 0.3 is 6.18 Å². The van der Waals surface area contributed by atoms with Crippen molar-refractivity contribution in [3.05, 3.63) is 29.3 Å². The second-order valence-corrected chi connectivity index (χ2v) is 4.90. The van der Waals surface area contributed by atoms with Crippen LogP contribution in [0.2, 0.25) is 0 Å². The van der Waals surface area contributed by atoms with E-state index in [-0.39, 0.29) is 16.6 Å². The fourth-order valence-electron chi connectivity index (χ4n) is 1.73. The fourth-order valence-corrected chi connectivity index (χ4v) is 1.90. The van der Waals surface area contributed by atoms with Gasteiger partial charge in [-0.25, -0.2) is 0 Å². The number of thiocarbonyl (C=S) groups is 1. The van der Waals surface area contributed by atoms with E-state index in [2.05, 4.69) is 0 Å². The Labute approximate surface area is 116 Å². The molecule has 0 aromatic heterocycles. The van der Waals surface area contributed by atoms with E-state index in [4.69, 9.17) is 18.0 Å². The minimum absolute atomic E-state index is 0.129. The molecule has 0 radical (unpaired) electrons. The van der Waals surface area contributed by atoms with E-state index in [0.29, 0.717) is 5.69 Å². The maximum Gasteiger partial charge on any atom is 0.417 e. The van der Waals surface area contributed by atoms with Crippen molar-refractivity contribution in [3.63, 3.8) is 0 Å². The molecule has 2 nitrogen and oxygen atoms in total. The number of halogens is 3. The average molecular weight is 290 g/mol. The minimum Gasteiger partial charge on any atom is -0.389 e. The second kappa shape index (κ2) is 5.77. The van der Waals surface area contributed by atoms with Crippen LogP contribution < -0.4 is 10.6 Å². The van der Waals surface area contributed by atoms with E-state index in [1.54, 1.807) is 0 Å². The largest absolute Gasteiger partial charge is 0.417 e. The van der Waals surface area contributed by atoms with Gasteiger partial charge in [-0.2, -0.15) is 13.2 Å². The zero-order valence-corrected chi connectivity index (χ0v) is 11.9. The molecule has 0 aliphatic heterocycles. The van der Waals surface area contributed by atoms with Crippen molar-refractivity contribution in [2.24, 2.45) is 5.73 Å². The van der Waals surface area contributed by atoms with Gasteiger partial charge in [-0.05, 0) is 31.5 Å². The van der Waals surface area contributed by atoms with Crippen molar-refractivity contribution in [2.45, 2.75) is 32.5 Å². The van der Waals surface area contributed by atoms with E-state index < -0.39 is 11.7 Å². The highest BCUT2D eigenvalue weighted by atomic mass is 32.1. The number of hydrogen-bond donors (Lipinski definition) is 1. The lowest BCUT2D eigenvalue weighted by atomic mass is 10.0. The summed E-state index contributed by atoms with van der Waals surface area (Å²) in [6.07, 6.45) is -3.56. The third-order valence-corrected chi connectivity index (χ3v) is 3.45. The predicted octanol–water partition coefficient (Wildman–Crippen LogP) is 3.57. The first-order valence-electron chi connectivity index (χ1n) is 5.92. The van der Waals surface area contributed by atoms with Crippen molar-refractivity contribution < 1.29 is 13.2 Å². The molecular weight excluding hydrogens is 273 g/mol. The highest BCUT2D eigenvalue weighted by Crippen LogP contribution is 2.34. The summed E-state index contributed by atoms with van der Waals surface area (Å²) in [6, 6.07) is 4.09.